The molecule has 1 aliphatic heterocycles. The molecule has 0 radical (unpaired) electrons. The van der Waals surface area contributed by atoms with Crippen molar-refractivity contribution in [3.63, 3.8) is 0 Å². The van der Waals surface area contributed by atoms with Crippen molar-refractivity contribution in [2.24, 2.45) is 0 Å². The van der Waals surface area contributed by atoms with Crippen molar-refractivity contribution in [2.45, 2.75) is 25.4 Å². The molecule has 102 valence electrons. The normalized spacial score (nSPS) is 18.9. The van der Waals surface area contributed by atoms with E-state index in [1.54, 1.807) is 6.07 Å². The number of carboxylic acids is 1. The predicted molar refractivity (Wildman–Crippen MR) is 73.3 cm³/mol. The highest BCUT2D eigenvalue weighted by atomic mass is 79.9. The second-order valence-corrected chi connectivity index (χ2v) is 5.20. The van der Waals surface area contributed by atoms with Gasteiger partial charge in [0.15, 0.2) is 0 Å². The van der Waals surface area contributed by atoms with E-state index in [4.69, 9.17) is 9.84 Å². The van der Waals surface area contributed by atoms with E-state index in [1.807, 2.05) is 0 Å². The molecule has 6 heteroatoms. The SMILES string of the molecule is O=C(O)c1ccc(Br)c(NC(=O)C2CCCCO2)c1. The van der Waals surface area contributed by atoms with Crippen molar-refractivity contribution in [1.29, 1.82) is 0 Å². The average molecular weight is 328 g/mol. The maximum atomic E-state index is 12.0. The molecule has 2 N–H and O–H groups in total. The van der Waals surface area contributed by atoms with Crippen molar-refractivity contribution in [2.75, 3.05) is 11.9 Å². The lowest BCUT2D eigenvalue weighted by atomic mass is 10.1. The molecule has 1 aromatic carbocycles. The Labute approximate surface area is 119 Å². The first kappa shape index (κ1) is 14.0. The molecule has 0 spiro atoms. The number of carboxylic acid groups (broad SMARTS) is 1. The van der Waals surface area contributed by atoms with Gasteiger partial charge in [0.05, 0.1) is 11.3 Å². The lowest BCUT2D eigenvalue weighted by Crippen LogP contribution is -2.33. The van der Waals surface area contributed by atoms with E-state index in [-0.39, 0.29) is 11.5 Å². The summed E-state index contributed by atoms with van der Waals surface area (Å²) in [6.07, 6.45) is 2.19. The van der Waals surface area contributed by atoms with E-state index in [9.17, 15) is 9.59 Å². The first-order valence-corrected chi connectivity index (χ1v) is 6.82. The summed E-state index contributed by atoms with van der Waals surface area (Å²) >= 11 is 3.28. The summed E-state index contributed by atoms with van der Waals surface area (Å²) in [7, 11) is 0. The van der Waals surface area contributed by atoms with E-state index in [0.717, 1.165) is 12.8 Å². The number of halogens is 1. The third-order valence-corrected chi connectivity index (χ3v) is 3.63. The van der Waals surface area contributed by atoms with Crippen LogP contribution < -0.4 is 5.32 Å². The average Bonchev–Trinajstić information content (AvgIpc) is 2.42. The standard InChI is InChI=1S/C13H14BrNO4/c14-9-5-4-8(13(17)18)7-10(9)15-12(16)11-3-1-2-6-19-11/h4-5,7,11H,1-3,6H2,(H,15,16)(H,17,18). The van der Waals surface area contributed by atoms with Crippen molar-refractivity contribution in [3.05, 3.63) is 28.2 Å². The predicted octanol–water partition coefficient (Wildman–Crippen LogP) is 2.65. The number of hydrogen-bond donors (Lipinski definition) is 2. The molecule has 1 unspecified atom stereocenters. The second kappa shape index (κ2) is 6.16. The third kappa shape index (κ3) is 3.54. The Bertz CT molecular complexity index is 497. The van der Waals surface area contributed by atoms with Crippen LogP contribution in [0, 0.1) is 0 Å². The summed E-state index contributed by atoms with van der Waals surface area (Å²) in [6, 6.07) is 4.49. The number of anilines is 1. The first-order chi connectivity index (χ1) is 9.08. The minimum Gasteiger partial charge on any atom is -0.478 e. The van der Waals surface area contributed by atoms with Gasteiger partial charge in [-0.1, -0.05) is 0 Å². The highest BCUT2D eigenvalue weighted by Gasteiger charge is 2.22. The summed E-state index contributed by atoms with van der Waals surface area (Å²) in [4.78, 5) is 22.9. The minimum atomic E-state index is -1.03. The number of amides is 1. The maximum Gasteiger partial charge on any atom is 0.335 e. The van der Waals surface area contributed by atoms with Gasteiger partial charge in [-0.25, -0.2) is 4.79 Å². The fourth-order valence-electron chi connectivity index (χ4n) is 1.91. The number of nitrogens with one attached hydrogen (secondary N) is 1. The molecule has 19 heavy (non-hydrogen) atoms. The lowest BCUT2D eigenvalue weighted by Gasteiger charge is -2.22. The van der Waals surface area contributed by atoms with Gasteiger partial charge in [-0.15, -0.1) is 0 Å². The molecule has 1 atom stereocenters. The Morgan fingerprint density at radius 1 is 1.37 bits per heavy atom. The quantitative estimate of drug-likeness (QED) is 0.894. The topological polar surface area (TPSA) is 75.6 Å². The van der Waals surface area contributed by atoms with Gasteiger partial charge in [0.2, 0.25) is 0 Å². The van der Waals surface area contributed by atoms with Gasteiger partial charge in [-0.05, 0) is 53.4 Å². The Kier molecular flexibility index (Phi) is 4.55. The fourth-order valence-corrected chi connectivity index (χ4v) is 2.26. The number of aromatic carboxylic acids is 1. The molecule has 0 bridgehead atoms. The van der Waals surface area contributed by atoms with E-state index < -0.39 is 12.1 Å². The molecule has 0 aromatic heterocycles. The number of hydrogen-bond acceptors (Lipinski definition) is 3. The molecule has 1 fully saturated rings. The molecular weight excluding hydrogens is 314 g/mol. The zero-order valence-electron chi connectivity index (χ0n) is 10.2. The van der Waals surface area contributed by atoms with E-state index in [0.29, 0.717) is 23.2 Å². The number of rotatable bonds is 3. The van der Waals surface area contributed by atoms with Gasteiger partial charge in [0.1, 0.15) is 6.10 Å². The summed E-state index contributed by atoms with van der Waals surface area (Å²) in [5, 5.41) is 11.6. The summed E-state index contributed by atoms with van der Waals surface area (Å²) in [5.74, 6) is -1.26. The van der Waals surface area contributed by atoms with Crippen molar-refractivity contribution < 1.29 is 19.4 Å². The summed E-state index contributed by atoms with van der Waals surface area (Å²) in [6.45, 7) is 0.592. The van der Waals surface area contributed by atoms with Crippen LogP contribution in [0.1, 0.15) is 29.6 Å². The number of ether oxygens (including phenoxy) is 1. The molecule has 1 aromatic rings. The van der Waals surface area contributed by atoms with Gasteiger partial charge in [-0.3, -0.25) is 4.79 Å². The Hall–Kier alpha value is -1.40. The van der Waals surface area contributed by atoms with Crippen molar-refractivity contribution >= 4 is 33.5 Å². The van der Waals surface area contributed by atoms with Crippen LogP contribution in [0.3, 0.4) is 0 Å². The van der Waals surface area contributed by atoms with E-state index in [2.05, 4.69) is 21.2 Å². The molecule has 2 rings (SSSR count). The van der Waals surface area contributed by atoms with Crippen LogP contribution in [-0.2, 0) is 9.53 Å². The van der Waals surface area contributed by atoms with Crippen molar-refractivity contribution in [3.8, 4) is 0 Å². The van der Waals surface area contributed by atoms with Gasteiger partial charge < -0.3 is 15.2 Å². The molecule has 1 saturated heterocycles. The van der Waals surface area contributed by atoms with Crippen LogP contribution in [0.5, 0.6) is 0 Å². The number of carbonyl (C=O) groups excluding carboxylic acids is 1. The highest BCUT2D eigenvalue weighted by molar-refractivity contribution is 9.10. The third-order valence-electron chi connectivity index (χ3n) is 2.94. The van der Waals surface area contributed by atoms with Crippen LogP contribution in [0.2, 0.25) is 0 Å². The monoisotopic (exact) mass is 327 g/mol. The molecule has 0 saturated carbocycles. The lowest BCUT2D eigenvalue weighted by molar-refractivity contribution is -0.129. The number of carbonyl (C=O) groups is 2. The van der Waals surface area contributed by atoms with Crippen molar-refractivity contribution in [1.82, 2.24) is 0 Å². The summed E-state index contributed by atoms with van der Waals surface area (Å²) < 4.78 is 6.03. The maximum absolute atomic E-state index is 12.0. The van der Waals surface area contributed by atoms with Crippen LogP contribution >= 0.6 is 15.9 Å². The van der Waals surface area contributed by atoms with Crippen LogP contribution in [0.25, 0.3) is 0 Å². The smallest absolute Gasteiger partial charge is 0.335 e. The van der Waals surface area contributed by atoms with Gasteiger partial charge >= 0.3 is 5.97 Å². The van der Waals surface area contributed by atoms with Crippen LogP contribution in [0.4, 0.5) is 5.69 Å². The van der Waals surface area contributed by atoms with E-state index in [1.165, 1.54) is 12.1 Å². The molecule has 1 heterocycles. The zero-order chi connectivity index (χ0) is 13.8. The minimum absolute atomic E-state index is 0.128. The van der Waals surface area contributed by atoms with Gasteiger partial charge in [0.25, 0.3) is 5.91 Å². The second-order valence-electron chi connectivity index (χ2n) is 4.34. The highest BCUT2D eigenvalue weighted by Crippen LogP contribution is 2.25. The number of benzene rings is 1. The van der Waals surface area contributed by atoms with Crippen LogP contribution in [-0.4, -0.2) is 29.7 Å². The molecule has 1 aliphatic rings. The Morgan fingerprint density at radius 2 is 2.16 bits per heavy atom. The molecule has 1 amide bonds. The molecule has 0 aliphatic carbocycles. The molecule has 5 nitrogen and oxygen atoms in total. The van der Waals surface area contributed by atoms with Gasteiger partial charge in [0, 0.05) is 11.1 Å². The zero-order valence-corrected chi connectivity index (χ0v) is 11.8. The van der Waals surface area contributed by atoms with Gasteiger partial charge in [-0.2, -0.15) is 0 Å². The Morgan fingerprint density at radius 3 is 2.79 bits per heavy atom. The fraction of sp³-hybridized carbons (Fsp3) is 0.385. The van der Waals surface area contributed by atoms with E-state index >= 15 is 0 Å². The first-order valence-electron chi connectivity index (χ1n) is 6.03. The summed E-state index contributed by atoms with van der Waals surface area (Å²) in [5.41, 5.74) is 0.571. The molecular formula is C13H14BrNO4. The van der Waals surface area contributed by atoms with Crippen LogP contribution in [0.15, 0.2) is 22.7 Å². The largest absolute Gasteiger partial charge is 0.478 e. The Balaban J connectivity index is 2.11.